The molecule has 0 atom stereocenters. The maximum atomic E-state index is 11.9. The Morgan fingerprint density at radius 1 is 1.41 bits per heavy atom. The number of hydrogen-bond donors (Lipinski definition) is 1. The van der Waals surface area contributed by atoms with Crippen molar-refractivity contribution < 1.29 is 4.79 Å². The van der Waals surface area contributed by atoms with E-state index >= 15 is 0 Å². The van der Waals surface area contributed by atoms with E-state index < -0.39 is 0 Å². The standard InChI is InChI=1S/C10H5Br2ClN2OS/c11-5-1-2-6(7(13)3-5)9(16)15-10-14-4-8(12)17-10/h1-4H,(H,14,15,16). The Hall–Kier alpha value is -0.430. The second-order valence-corrected chi connectivity index (χ2v) is 6.78. The lowest BCUT2D eigenvalue weighted by Crippen LogP contribution is -2.12. The molecule has 0 radical (unpaired) electrons. The quantitative estimate of drug-likeness (QED) is 0.808. The number of aromatic nitrogens is 1. The predicted octanol–water partition coefficient (Wildman–Crippen LogP) is 4.57. The van der Waals surface area contributed by atoms with Crippen LogP contribution in [0.3, 0.4) is 0 Å². The van der Waals surface area contributed by atoms with Gasteiger partial charge in [0, 0.05) is 4.47 Å². The zero-order valence-electron chi connectivity index (χ0n) is 8.21. The van der Waals surface area contributed by atoms with Gasteiger partial charge < -0.3 is 0 Å². The molecule has 0 aliphatic rings. The Morgan fingerprint density at radius 2 is 2.18 bits per heavy atom. The lowest BCUT2D eigenvalue weighted by Gasteiger charge is -2.04. The first-order chi connectivity index (χ1) is 8.06. The fourth-order valence-corrected chi connectivity index (χ4v) is 3.01. The van der Waals surface area contributed by atoms with Crippen molar-refractivity contribution in [2.45, 2.75) is 0 Å². The zero-order chi connectivity index (χ0) is 12.4. The topological polar surface area (TPSA) is 42.0 Å². The van der Waals surface area contributed by atoms with Crippen molar-refractivity contribution in [1.82, 2.24) is 4.98 Å². The van der Waals surface area contributed by atoms with Gasteiger partial charge in [0.1, 0.15) is 0 Å². The van der Waals surface area contributed by atoms with Crippen LogP contribution in [0.25, 0.3) is 0 Å². The monoisotopic (exact) mass is 394 g/mol. The number of amides is 1. The number of hydrogen-bond acceptors (Lipinski definition) is 3. The molecule has 1 heterocycles. The number of halogens is 3. The van der Waals surface area contributed by atoms with Gasteiger partial charge in [-0.25, -0.2) is 4.98 Å². The van der Waals surface area contributed by atoms with Gasteiger partial charge in [-0.3, -0.25) is 10.1 Å². The van der Waals surface area contributed by atoms with Gasteiger partial charge in [0.15, 0.2) is 5.13 Å². The minimum Gasteiger partial charge on any atom is -0.298 e. The summed E-state index contributed by atoms with van der Waals surface area (Å²) >= 11 is 13.9. The molecule has 0 aliphatic carbocycles. The summed E-state index contributed by atoms with van der Waals surface area (Å²) in [6.45, 7) is 0. The van der Waals surface area contributed by atoms with Crippen LogP contribution in [0.4, 0.5) is 5.13 Å². The van der Waals surface area contributed by atoms with Gasteiger partial charge >= 0.3 is 0 Å². The molecule has 0 aliphatic heterocycles. The van der Waals surface area contributed by atoms with E-state index in [0.717, 1.165) is 8.26 Å². The SMILES string of the molecule is O=C(Nc1ncc(Br)s1)c1ccc(Br)cc1Cl. The molecule has 7 heteroatoms. The molecule has 0 spiro atoms. The number of rotatable bonds is 2. The first-order valence-corrected chi connectivity index (χ1v) is 7.22. The largest absolute Gasteiger partial charge is 0.298 e. The fraction of sp³-hybridized carbons (Fsp3) is 0. The highest BCUT2D eigenvalue weighted by Gasteiger charge is 2.12. The van der Waals surface area contributed by atoms with Crippen LogP contribution in [0.15, 0.2) is 32.7 Å². The molecule has 0 saturated heterocycles. The number of nitrogens with one attached hydrogen (secondary N) is 1. The number of carbonyl (C=O) groups excluding carboxylic acids is 1. The van der Waals surface area contributed by atoms with Gasteiger partial charge in [-0.1, -0.05) is 38.9 Å². The molecule has 88 valence electrons. The molecule has 3 nitrogen and oxygen atoms in total. The van der Waals surface area contributed by atoms with Crippen LogP contribution in [0.5, 0.6) is 0 Å². The van der Waals surface area contributed by atoms with Crippen LogP contribution in [0.2, 0.25) is 5.02 Å². The van der Waals surface area contributed by atoms with E-state index in [1.54, 1.807) is 24.4 Å². The molecular formula is C10H5Br2ClN2OS. The Morgan fingerprint density at radius 3 is 2.76 bits per heavy atom. The van der Waals surface area contributed by atoms with Gasteiger partial charge in [0.25, 0.3) is 5.91 Å². The molecule has 1 aromatic carbocycles. The van der Waals surface area contributed by atoms with Crippen molar-refractivity contribution in [3.05, 3.63) is 43.2 Å². The second kappa shape index (κ2) is 5.48. The molecule has 1 N–H and O–H groups in total. The van der Waals surface area contributed by atoms with Crippen molar-refractivity contribution in [2.75, 3.05) is 5.32 Å². The van der Waals surface area contributed by atoms with Crippen LogP contribution in [-0.2, 0) is 0 Å². The number of carbonyl (C=O) groups is 1. The van der Waals surface area contributed by atoms with Crippen molar-refractivity contribution in [1.29, 1.82) is 0 Å². The third kappa shape index (κ3) is 3.28. The summed E-state index contributed by atoms with van der Waals surface area (Å²) < 4.78 is 1.69. The lowest BCUT2D eigenvalue weighted by atomic mass is 10.2. The Labute approximate surface area is 123 Å². The average molecular weight is 396 g/mol. The summed E-state index contributed by atoms with van der Waals surface area (Å²) in [7, 11) is 0. The van der Waals surface area contributed by atoms with E-state index in [2.05, 4.69) is 42.2 Å². The predicted molar refractivity (Wildman–Crippen MR) is 76.9 cm³/mol. The van der Waals surface area contributed by atoms with Crippen LogP contribution >= 0.6 is 54.8 Å². The van der Waals surface area contributed by atoms with E-state index in [9.17, 15) is 4.79 Å². The van der Waals surface area contributed by atoms with Gasteiger partial charge in [-0.2, -0.15) is 0 Å². The number of nitrogens with zero attached hydrogens (tertiary/aromatic N) is 1. The third-order valence-corrected chi connectivity index (χ3v) is 4.07. The Kier molecular flexibility index (Phi) is 4.19. The number of anilines is 1. The molecule has 0 unspecified atom stereocenters. The minimum atomic E-state index is -0.274. The molecule has 0 saturated carbocycles. The van der Waals surface area contributed by atoms with Crippen molar-refractivity contribution in [3.63, 3.8) is 0 Å². The van der Waals surface area contributed by atoms with Crippen molar-refractivity contribution in [3.8, 4) is 0 Å². The van der Waals surface area contributed by atoms with Crippen LogP contribution in [0, 0.1) is 0 Å². The van der Waals surface area contributed by atoms with Crippen LogP contribution in [-0.4, -0.2) is 10.9 Å². The molecule has 2 aromatic rings. The van der Waals surface area contributed by atoms with Crippen molar-refractivity contribution in [2.24, 2.45) is 0 Å². The molecule has 2 rings (SSSR count). The van der Waals surface area contributed by atoms with E-state index in [1.807, 2.05) is 0 Å². The molecule has 0 fully saturated rings. The van der Waals surface area contributed by atoms with Crippen molar-refractivity contribution >= 4 is 65.8 Å². The Balaban J connectivity index is 2.20. The molecule has 0 bridgehead atoms. The first-order valence-electron chi connectivity index (χ1n) is 4.44. The highest BCUT2D eigenvalue weighted by Crippen LogP contribution is 2.25. The molecule has 1 aromatic heterocycles. The molecule has 1 amide bonds. The smallest absolute Gasteiger partial charge is 0.258 e. The summed E-state index contributed by atoms with van der Waals surface area (Å²) in [5, 5.41) is 3.60. The fourth-order valence-electron chi connectivity index (χ4n) is 1.15. The van der Waals surface area contributed by atoms with E-state index in [1.165, 1.54) is 11.3 Å². The molecular weight excluding hydrogens is 391 g/mol. The third-order valence-electron chi connectivity index (χ3n) is 1.87. The Bertz CT molecular complexity index is 573. The second-order valence-electron chi connectivity index (χ2n) is 3.05. The summed E-state index contributed by atoms with van der Waals surface area (Å²) in [5.41, 5.74) is 0.418. The minimum absolute atomic E-state index is 0.274. The van der Waals surface area contributed by atoms with Crippen LogP contribution in [0.1, 0.15) is 10.4 Å². The number of thiazole rings is 1. The summed E-state index contributed by atoms with van der Waals surface area (Å²) in [5.74, 6) is -0.274. The molecule has 17 heavy (non-hydrogen) atoms. The van der Waals surface area contributed by atoms with E-state index in [-0.39, 0.29) is 5.91 Å². The highest BCUT2D eigenvalue weighted by atomic mass is 79.9. The highest BCUT2D eigenvalue weighted by molar-refractivity contribution is 9.11. The zero-order valence-corrected chi connectivity index (χ0v) is 13.0. The lowest BCUT2D eigenvalue weighted by molar-refractivity contribution is 0.102. The summed E-state index contributed by atoms with van der Waals surface area (Å²) in [6, 6.07) is 5.09. The number of benzene rings is 1. The first kappa shape index (κ1) is 13.0. The van der Waals surface area contributed by atoms with E-state index in [0.29, 0.717) is 15.7 Å². The van der Waals surface area contributed by atoms with Crippen LogP contribution < -0.4 is 5.32 Å². The summed E-state index contributed by atoms with van der Waals surface area (Å²) in [6.07, 6.45) is 1.63. The van der Waals surface area contributed by atoms with Gasteiger partial charge in [-0.15, -0.1) is 0 Å². The average Bonchev–Trinajstić information content (AvgIpc) is 2.63. The summed E-state index contributed by atoms with van der Waals surface area (Å²) in [4.78, 5) is 15.9. The van der Waals surface area contributed by atoms with E-state index in [4.69, 9.17) is 11.6 Å². The van der Waals surface area contributed by atoms with Gasteiger partial charge in [0.2, 0.25) is 0 Å². The van der Waals surface area contributed by atoms with Gasteiger partial charge in [-0.05, 0) is 34.1 Å². The maximum Gasteiger partial charge on any atom is 0.258 e. The normalized spacial score (nSPS) is 10.3. The maximum absolute atomic E-state index is 11.9. The van der Waals surface area contributed by atoms with Gasteiger partial charge in [0.05, 0.1) is 20.6 Å².